The summed E-state index contributed by atoms with van der Waals surface area (Å²) in [5, 5.41) is 59.0. The molecular formula is K4N4O12. The average molecular weight is 404 g/mol. The normalized spacial score (nSPS) is 4.80. The third-order valence-corrected chi connectivity index (χ3v) is 0. The van der Waals surface area contributed by atoms with E-state index in [1.54, 1.807) is 0 Å². The summed E-state index contributed by atoms with van der Waals surface area (Å²) in [6.45, 7) is 0. The van der Waals surface area contributed by atoms with E-state index in [1.807, 2.05) is 0 Å². The Morgan fingerprint density at radius 1 is 0.350 bits per heavy atom. The first-order valence-electron chi connectivity index (χ1n) is 2.19. The van der Waals surface area contributed by atoms with Gasteiger partial charge in [0, 0.05) is 0 Å². The van der Waals surface area contributed by atoms with E-state index in [4.69, 9.17) is 61.3 Å². The molecular weight excluding hydrogens is 404 g/mol. The summed E-state index contributed by atoms with van der Waals surface area (Å²) < 4.78 is 0. The Morgan fingerprint density at radius 3 is 0.350 bits per heavy atom. The second-order valence-corrected chi connectivity index (χ2v) is 0.894. The largest absolute Gasteiger partial charge is 1.00 e. The fraction of sp³-hybridized carbons (Fsp3) is 0. The first-order valence-corrected chi connectivity index (χ1v) is 2.19. The molecule has 96 valence electrons. The van der Waals surface area contributed by atoms with E-state index in [9.17, 15) is 0 Å². The van der Waals surface area contributed by atoms with Crippen molar-refractivity contribution in [1.82, 2.24) is 0 Å². The molecule has 0 aliphatic rings. The first kappa shape index (κ1) is 49.5. The van der Waals surface area contributed by atoms with E-state index in [0.717, 1.165) is 0 Å². The Kier molecular flexibility index (Phi) is 107. The SMILES string of the molecule is O=[N+]([O-])[O-].O=[N+]([O-])[O-].O=[N+]([O-])[O-].O=[N+]([O-])[O-].[K+].[K+].[K+].[K+]. The standard InChI is InChI=1S/4K.4NO3/c;;;;4*2-1(3)4/q4*+1;4*-1. The van der Waals surface area contributed by atoms with Gasteiger partial charge in [-0.15, -0.1) is 0 Å². The zero-order valence-corrected chi connectivity index (χ0v) is 23.2. The summed E-state index contributed by atoms with van der Waals surface area (Å²) in [5.41, 5.74) is 0. The molecule has 0 rings (SSSR count). The number of nitrogens with zero attached hydrogens (tertiary/aromatic N) is 4. The Labute approximate surface area is 279 Å². The number of hydrogen-bond acceptors (Lipinski definition) is 12. The predicted octanol–water partition coefficient (Wildman–Crippen LogP) is -12.9. The molecule has 0 amide bonds. The number of hydrogen-bond donors (Lipinski definition) is 0. The summed E-state index contributed by atoms with van der Waals surface area (Å²) in [5.74, 6) is 0. The van der Waals surface area contributed by atoms with Crippen LogP contribution in [-0.4, -0.2) is 20.3 Å². The van der Waals surface area contributed by atoms with Crippen LogP contribution in [0.2, 0.25) is 0 Å². The Balaban J connectivity index is -0.0000000150. The average Bonchev–Trinajstić information content (AvgIpc) is 1.76. The Hall–Kier alpha value is 3.35. The summed E-state index contributed by atoms with van der Waals surface area (Å²) in [6.07, 6.45) is 0. The van der Waals surface area contributed by atoms with Gasteiger partial charge in [-0.1, -0.05) is 0 Å². The van der Waals surface area contributed by atoms with Crippen molar-refractivity contribution < 1.29 is 226 Å². The van der Waals surface area contributed by atoms with Crippen LogP contribution in [0.5, 0.6) is 0 Å². The van der Waals surface area contributed by atoms with Crippen LogP contribution in [0.4, 0.5) is 0 Å². The van der Waals surface area contributed by atoms with Crippen LogP contribution in [-0.2, 0) is 0 Å². The third-order valence-electron chi connectivity index (χ3n) is 0. The van der Waals surface area contributed by atoms with E-state index in [2.05, 4.69) is 0 Å². The van der Waals surface area contributed by atoms with Crippen LogP contribution in [0.15, 0.2) is 0 Å². The van der Waals surface area contributed by atoms with Crippen LogP contribution in [0.1, 0.15) is 0 Å². The molecule has 16 nitrogen and oxygen atoms in total. The molecule has 20 heavy (non-hydrogen) atoms. The molecule has 20 heteroatoms. The molecule has 0 heterocycles. The number of rotatable bonds is 0. The minimum atomic E-state index is -1.75. The van der Waals surface area contributed by atoms with Crippen molar-refractivity contribution in [1.29, 1.82) is 0 Å². The van der Waals surface area contributed by atoms with Gasteiger partial charge in [-0.3, -0.25) is 0 Å². The zero-order chi connectivity index (χ0) is 14.3. The van der Waals surface area contributed by atoms with Gasteiger partial charge in [0.2, 0.25) is 0 Å². The molecule has 0 aliphatic carbocycles. The Morgan fingerprint density at radius 2 is 0.350 bits per heavy atom. The van der Waals surface area contributed by atoms with E-state index >= 15 is 0 Å². The van der Waals surface area contributed by atoms with Gasteiger partial charge in [-0.2, -0.15) is 0 Å². The van der Waals surface area contributed by atoms with Gasteiger partial charge in [0.1, 0.15) is 0 Å². The van der Waals surface area contributed by atoms with E-state index in [-0.39, 0.29) is 206 Å². The van der Waals surface area contributed by atoms with Crippen molar-refractivity contribution in [3.05, 3.63) is 61.3 Å². The molecule has 0 aromatic rings. The zero-order valence-electron chi connectivity index (χ0n) is 10.7. The van der Waals surface area contributed by atoms with Gasteiger partial charge >= 0.3 is 206 Å². The van der Waals surface area contributed by atoms with Crippen LogP contribution in [0, 0.1) is 61.3 Å². The van der Waals surface area contributed by atoms with Crippen LogP contribution >= 0.6 is 0 Å². The van der Waals surface area contributed by atoms with Gasteiger partial charge in [0.05, 0.1) is 20.3 Å². The second-order valence-electron chi connectivity index (χ2n) is 0.894. The quantitative estimate of drug-likeness (QED) is 0.207. The van der Waals surface area contributed by atoms with E-state index in [1.165, 1.54) is 0 Å². The topological polar surface area (TPSA) is 265 Å². The van der Waals surface area contributed by atoms with Crippen LogP contribution < -0.4 is 206 Å². The van der Waals surface area contributed by atoms with Gasteiger partial charge in [0.25, 0.3) is 0 Å². The van der Waals surface area contributed by atoms with E-state index < -0.39 is 20.3 Å². The van der Waals surface area contributed by atoms with Crippen molar-refractivity contribution in [3.63, 3.8) is 0 Å². The van der Waals surface area contributed by atoms with Crippen molar-refractivity contribution in [2.24, 2.45) is 0 Å². The molecule has 0 aromatic carbocycles. The predicted molar refractivity (Wildman–Crippen MR) is 41.4 cm³/mol. The summed E-state index contributed by atoms with van der Waals surface area (Å²) in [6, 6.07) is 0. The molecule has 0 unspecified atom stereocenters. The fourth-order valence-electron chi connectivity index (χ4n) is 0. The summed E-state index contributed by atoms with van der Waals surface area (Å²) >= 11 is 0. The van der Waals surface area contributed by atoms with Crippen LogP contribution in [0.3, 0.4) is 0 Å². The molecule has 0 fully saturated rings. The Bertz CT molecular complexity index is 167. The fourth-order valence-corrected chi connectivity index (χ4v) is 0. The molecule has 0 saturated carbocycles. The molecule has 0 N–H and O–H groups in total. The monoisotopic (exact) mass is 404 g/mol. The van der Waals surface area contributed by atoms with Gasteiger partial charge in [-0.05, 0) is 0 Å². The molecule has 0 bridgehead atoms. The smallest absolute Gasteiger partial charge is 0.356 e. The minimum Gasteiger partial charge on any atom is -0.356 e. The minimum absolute atomic E-state index is 0. The van der Waals surface area contributed by atoms with Crippen molar-refractivity contribution in [2.75, 3.05) is 0 Å². The summed E-state index contributed by atoms with van der Waals surface area (Å²) in [7, 11) is 0. The molecule has 0 spiro atoms. The van der Waals surface area contributed by atoms with E-state index in [0.29, 0.717) is 0 Å². The first-order chi connectivity index (χ1) is 6.93. The maximum absolute atomic E-state index is 8.25. The second kappa shape index (κ2) is 43.2. The van der Waals surface area contributed by atoms with Gasteiger partial charge < -0.3 is 61.3 Å². The molecule has 0 radical (unpaired) electrons. The molecule has 0 saturated heterocycles. The molecule has 0 aliphatic heterocycles. The maximum Gasteiger partial charge on any atom is 1.00 e. The summed E-state index contributed by atoms with van der Waals surface area (Å²) in [4.78, 5) is 33.0. The van der Waals surface area contributed by atoms with Crippen molar-refractivity contribution in [2.45, 2.75) is 0 Å². The van der Waals surface area contributed by atoms with Crippen molar-refractivity contribution in [3.8, 4) is 0 Å². The van der Waals surface area contributed by atoms with Crippen LogP contribution in [0.25, 0.3) is 0 Å². The van der Waals surface area contributed by atoms with Crippen molar-refractivity contribution >= 4 is 0 Å². The van der Waals surface area contributed by atoms with Gasteiger partial charge in [-0.25, -0.2) is 0 Å². The molecule has 0 aromatic heterocycles. The maximum atomic E-state index is 8.25. The third kappa shape index (κ3) is 789. The van der Waals surface area contributed by atoms with Gasteiger partial charge in [0.15, 0.2) is 0 Å². The molecule has 0 atom stereocenters.